The highest BCUT2D eigenvalue weighted by atomic mass is 32.1. The maximum Gasteiger partial charge on any atom is 0.123 e. The molecule has 0 saturated heterocycles. The molecule has 0 bridgehead atoms. The lowest BCUT2D eigenvalue weighted by atomic mass is 10.2. The van der Waals surface area contributed by atoms with Crippen LogP contribution in [0.2, 0.25) is 0 Å². The number of nitrogens with two attached hydrogens (primary N) is 1. The van der Waals surface area contributed by atoms with Crippen LogP contribution in [-0.2, 0) is 4.74 Å². The second kappa shape index (κ2) is 4.69. The van der Waals surface area contributed by atoms with Gasteiger partial charge in [-0.05, 0) is 13.8 Å². The summed E-state index contributed by atoms with van der Waals surface area (Å²) in [5.74, 6) is 0.488. The number of nitrogens with zero attached hydrogens (tertiary/aromatic N) is 1. The van der Waals surface area contributed by atoms with Crippen LogP contribution in [0.25, 0.3) is 0 Å². The van der Waals surface area contributed by atoms with Crippen LogP contribution < -0.4 is 5.73 Å². The standard InChI is InChI=1S/C7H10N2OS/c1-3-10-5(2)6(4-8)7(9)11/h3H2,1-2H3,(H2,9,11). The Kier molecular flexibility index (Phi) is 4.23. The predicted octanol–water partition coefficient (Wildman–Crippen LogP) is 1.11. The van der Waals surface area contributed by atoms with E-state index in [-0.39, 0.29) is 10.6 Å². The molecule has 0 aliphatic heterocycles. The Morgan fingerprint density at radius 3 is 2.55 bits per heavy atom. The van der Waals surface area contributed by atoms with Crippen LogP contribution >= 0.6 is 12.2 Å². The quantitative estimate of drug-likeness (QED) is 0.298. The zero-order valence-electron chi connectivity index (χ0n) is 6.55. The van der Waals surface area contributed by atoms with Crippen molar-refractivity contribution in [1.82, 2.24) is 0 Å². The minimum absolute atomic E-state index is 0.0819. The van der Waals surface area contributed by atoms with Gasteiger partial charge >= 0.3 is 0 Å². The van der Waals surface area contributed by atoms with Gasteiger partial charge in [0.25, 0.3) is 0 Å². The van der Waals surface area contributed by atoms with Crippen molar-refractivity contribution in [3.8, 4) is 6.07 Å². The van der Waals surface area contributed by atoms with E-state index in [2.05, 4.69) is 12.2 Å². The van der Waals surface area contributed by atoms with Crippen molar-refractivity contribution in [3.63, 3.8) is 0 Å². The van der Waals surface area contributed by atoms with Gasteiger partial charge in [-0.1, -0.05) is 12.2 Å². The zero-order chi connectivity index (χ0) is 8.85. The Morgan fingerprint density at radius 2 is 2.27 bits per heavy atom. The van der Waals surface area contributed by atoms with Gasteiger partial charge in [0.1, 0.15) is 22.4 Å². The highest BCUT2D eigenvalue weighted by Gasteiger charge is 2.04. The van der Waals surface area contributed by atoms with Gasteiger partial charge in [0.05, 0.1) is 6.61 Å². The van der Waals surface area contributed by atoms with Crippen LogP contribution in [0.4, 0.5) is 0 Å². The van der Waals surface area contributed by atoms with Crippen molar-refractivity contribution >= 4 is 17.2 Å². The molecule has 0 radical (unpaired) electrons. The molecule has 2 N–H and O–H groups in total. The van der Waals surface area contributed by atoms with Crippen molar-refractivity contribution in [2.75, 3.05) is 6.61 Å². The molecule has 0 fully saturated rings. The summed E-state index contributed by atoms with van der Waals surface area (Å²) in [6.07, 6.45) is 0. The number of thiocarbonyl (C=S) groups is 1. The van der Waals surface area contributed by atoms with Crippen LogP contribution in [0.1, 0.15) is 13.8 Å². The molecule has 0 aromatic rings. The van der Waals surface area contributed by atoms with Crippen molar-refractivity contribution in [1.29, 1.82) is 5.26 Å². The molecule has 0 spiro atoms. The highest BCUT2D eigenvalue weighted by molar-refractivity contribution is 7.80. The third kappa shape index (κ3) is 3.01. The maximum atomic E-state index is 8.54. The van der Waals surface area contributed by atoms with E-state index < -0.39 is 0 Å². The third-order valence-corrected chi connectivity index (χ3v) is 1.28. The molecule has 0 saturated carbocycles. The predicted molar refractivity (Wildman–Crippen MR) is 46.7 cm³/mol. The first-order valence-electron chi connectivity index (χ1n) is 3.17. The number of hydrogen-bond acceptors (Lipinski definition) is 3. The monoisotopic (exact) mass is 170 g/mol. The van der Waals surface area contributed by atoms with Crippen molar-refractivity contribution in [2.45, 2.75) is 13.8 Å². The Balaban J connectivity index is 4.58. The minimum atomic E-state index is 0.0819. The van der Waals surface area contributed by atoms with Gasteiger partial charge in [0, 0.05) is 0 Å². The third-order valence-electron chi connectivity index (χ3n) is 1.07. The van der Waals surface area contributed by atoms with Gasteiger partial charge in [-0.15, -0.1) is 0 Å². The average Bonchev–Trinajstić information content (AvgIpc) is 1.88. The Bertz CT molecular complexity index is 227. The maximum absolute atomic E-state index is 8.54. The fraction of sp³-hybridized carbons (Fsp3) is 0.429. The van der Waals surface area contributed by atoms with Crippen molar-refractivity contribution < 1.29 is 4.74 Å². The molecule has 0 unspecified atom stereocenters. The van der Waals surface area contributed by atoms with E-state index in [9.17, 15) is 0 Å². The number of rotatable bonds is 3. The normalized spacial score (nSPS) is 11.4. The van der Waals surface area contributed by atoms with Crippen LogP contribution in [0.3, 0.4) is 0 Å². The van der Waals surface area contributed by atoms with Crippen LogP contribution in [0, 0.1) is 11.3 Å². The first kappa shape index (κ1) is 9.92. The van der Waals surface area contributed by atoms with E-state index in [1.54, 1.807) is 6.92 Å². The van der Waals surface area contributed by atoms with Gasteiger partial charge in [0.2, 0.25) is 0 Å². The largest absolute Gasteiger partial charge is 0.497 e. The van der Waals surface area contributed by atoms with Crippen LogP contribution in [0.5, 0.6) is 0 Å². The number of allylic oxidation sites excluding steroid dienone is 1. The molecule has 0 aromatic heterocycles. The molecular weight excluding hydrogens is 160 g/mol. The molecule has 0 atom stereocenters. The van der Waals surface area contributed by atoms with E-state index in [1.165, 1.54) is 0 Å². The van der Waals surface area contributed by atoms with Crippen LogP contribution in [0.15, 0.2) is 11.3 Å². The molecular formula is C7H10N2OS. The van der Waals surface area contributed by atoms with Gasteiger partial charge < -0.3 is 10.5 Å². The summed E-state index contributed by atoms with van der Waals surface area (Å²) < 4.78 is 5.05. The SMILES string of the molecule is CCOC(C)=C(C#N)C(N)=S. The molecule has 4 heteroatoms. The van der Waals surface area contributed by atoms with Gasteiger partial charge in [0.15, 0.2) is 0 Å². The van der Waals surface area contributed by atoms with E-state index in [1.807, 2.05) is 13.0 Å². The first-order valence-corrected chi connectivity index (χ1v) is 3.57. The molecule has 0 aromatic carbocycles. The van der Waals surface area contributed by atoms with Gasteiger partial charge in [-0.25, -0.2) is 0 Å². The molecule has 0 aliphatic carbocycles. The Hall–Kier alpha value is -1.08. The summed E-state index contributed by atoms with van der Waals surface area (Å²) >= 11 is 4.62. The molecule has 0 amide bonds. The smallest absolute Gasteiger partial charge is 0.123 e. The first-order chi connectivity index (χ1) is 5.13. The molecule has 0 heterocycles. The van der Waals surface area contributed by atoms with Gasteiger partial charge in [-0.3, -0.25) is 0 Å². The fourth-order valence-corrected chi connectivity index (χ4v) is 0.785. The summed E-state index contributed by atoms with van der Waals surface area (Å²) in [5.41, 5.74) is 5.50. The molecule has 0 rings (SSSR count). The summed E-state index contributed by atoms with van der Waals surface area (Å²) in [6, 6.07) is 1.87. The second-order valence-electron chi connectivity index (χ2n) is 1.84. The lowest BCUT2D eigenvalue weighted by molar-refractivity contribution is 0.230. The summed E-state index contributed by atoms with van der Waals surface area (Å²) in [4.78, 5) is 0.0819. The topological polar surface area (TPSA) is 59.0 Å². The number of ether oxygens (including phenoxy) is 1. The molecule has 3 nitrogen and oxygen atoms in total. The lowest BCUT2D eigenvalue weighted by Crippen LogP contribution is -2.12. The van der Waals surface area contributed by atoms with E-state index in [0.29, 0.717) is 12.4 Å². The number of hydrogen-bond donors (Lipinski definition) is 1. The fourth-order valence-electron chi connectivity index (χ4n) is 0.596. The lowest BCUT2D eigenvalue weighted by Gasteiger charge is -2.03. The zero-order valence-corrected chi connectivity index (χ0v) is 7.36. The average molecular weight is 170 g/mol. The molecule has 0 aliphatic rings. The van der Waals surface area contributed by atoms with Crippen LogP contribution in [-0.4, -0.2) is 11.6 Å². The summed E-state index contributed by atoms with van der Waals surface area (Å²) in [5, 5.41) is 8.54. The summed E-state index contributed by atoms with van der Waals surface area (Å²) in [7, 11) is 0. The Labute approximate surface area is 71.4 Å². The molecule has 60 valence electrons. The minimum Gasteiger partial charge on any atom is -0.497 e. The van der Waals surface area contributed by atoms with Gasteiger partial charge in [-0.2, -0.15) is 5.26 Å². The highest BCUT2D eigenvalue weighted by Crippen LogP contribution is 2.04. The van der Waals surface area contributed by atoms with Crippen molar-refractivity contribution in [3.05, 3.63) is 11.3 Å². The van der Waals surface area contributed by atoms with E-state index in [0.717, 1.165) is 0 Å². The summed E-state index contributed by atoms with van der Waals surface area (Å²) in [6.45, 7) is 4.01. The second-order valence-corrected chi connectivity index (χ2v) is 2.28. The van der Waals surface area contributed by atoms with E-state index >= 15 is 0 Å². The Morgan fingerprint density at radius 1 is 1.73 bits per heavy atom. The number of nitriles is 1. The van der Waals surface area contributed by atoms with Crippen molar-refractivity contribution in [2.24, 2.45) is 5.73 Å². The molecule has 11 heavy (non-hydrogen) atoms. The van der Waals surface area contributed by atoms with E-state index in [4.69, 9.17) is 15.7 Å².